The van der Waals surface area contributed by atoms with Crippen molar-refractivity contribution in [2.45, 2.75) is 25.9 Å². The molecule has 0 aromatic carbocycles. The van der Waals surface area contributed by atoms with Gasteiger partial charge in [0.2, 0.25) is 0 Å². The lowest BCUT2D eigenvalue weighted by Gasteiger charge is -2.16. The van der Waals surface area contributed by atoms with Crippen molar-refractivity contribution in [2.24, 2.45) is 11.8 Å². The van der Waals surface area contributed by atoms with E-state index in [0.29, 0.717) is 6.10 Å². The summed E-state index contributed by atoms with van der Waals surface area (Å²) in [4.78, 5) is 0. The van der Waals surface area contributed by atoms with Gasteiger partial charge in [0, 0.05) is 13.2 Å². The molecule has 0 aliphatic carbocycles. The fourth-order valence-electron chi connectivity index (χ4n) is 2.37. The number of ether oxygens (including phenoxy) is 1. The molecule has 3 heteroatoms. The van der Waals surface area contributed by atoms with Crippen molar-refractivity contribution in [2.75, 3.05) is 32.8 Å². The highest BCUT2D eigenvalue weighted by Crippen LogP contribution is 2.15. The van der Waals surface area contributed by atoms with Gasteiger partial charge in [-0.1, -0.05) is 6.92 Å². The third kappa shape index (κ3) is 2.69. The topological polar surface area (TPSA) is 33.3 Å². The fourth-order valence-corrected chi connectivity index (χ4v) is 2.37. The lowest BCUT2D eigenvalue weighted by Crippen LogP contribution is -2.32. The van der Waals surface area contributed by atoms with Crippen molar-refractivity contribution < 1.29 is 4.74 Å². The molecule has 2 rings (SSSR count). The molecule has 2 fully saturated rings. The van der Waals surface area contributed by atoms with Crippen molar-refractivity contribution >= 4 is 0 Å². The standard InChI is InChI=1S/C11H22N2O/c1-9-5-12-6-10(9)7-13-8-11-3-2-4-14-11/h9-13H,2-8H2,1H3/t9-,10+,11?/m1/s1. The minimum absolute atomic E-state index is 0.486. The molecule has 0 radical (unpaired) electrons. The summed E-state index contributed by atoms with van der Waals surface area (Å²) in [5.41, 5.74) is 0. The molecule has 82 valence electrons. The van der Waals surface area contributed by atoms with Gasteiger partial charge in [0.05, 0.1) is 6.10 Å². The van der Waals surface area contributed by atoms with Crippen LogP contribution in [0.4, 0.5) is 0 Å². The van der Waals surface area contributed by atoms with E-state index in [-0.39, 0.29) is 0 Å². The zero-order valence-electron chi connectivity index (χ0n) is 9.09. The molecular formula is C11H22N2O. The lowest BCUT2D eigenvalue weighted by molar-refractivity contribution is 0.109. The summed E-state index contributed by atoms with van der Waals surface area (Å²) in [7, 11) is 0. The van der Waals surface area contributed by atoms with Gasteiger partial charge >= 0.3 is 0 Å². The zero-order valence-corrected chi connectivity index (χ0v) is 9.09. The molecule has 2 heterocycles. The monoisotopic (exact) mass is 198 g/mol. The Bertz CT molecular complexity index is 169. The molecule has 3 nitrogen and oxygen atoms in total. The van der Waals surface area contributed by atoms with E-state index in [1.54, 1.807) is 0 Å². The predicted octanol–water partition coefficient (Wildman–Crippen LogP) is 0.611. The van der Waals surface area contributed by atoms with E-state index >= 15 is 0 Å². The summed E-state index contributed by atoms with van der Waals surface area (Å²) in [6.45, 7) is 7.86. The van der Waals surface area contributed by atoms with E-state index in [0.717, 1.165) is 31.5 Å². The Hall–Kier alpha value is -0.120. The lowest BCUT2D eigenvalue weighted by atomic mass is 9.98. The average Bonchev–Trinajstić information content (AvgIpc) is 2.78. The Morgan fingerprint density at radius 2 is 2.29 bits per heavy atom. The largest absolute Gasteiger partial charge is 0.377 e. The quantitative estimate of drug-likeness (QED) is 0.694. The highest BCUT2D eigenvalue weighted by Gasteiger charge is 2.23. The van der Waals surface area contributed by atoms with Crippen LogP contribution in [0.15, 0.2) is 0 Å². The molecule has 0 aromatic heterocycles. The van der Waals surface area contributed by atoms with E-state index in [1.165, 1.54) is 25.9 Å². The van der Waals surface area contributed by atoms with Crippen LogP contribution in [0.2, 0.25) is 0 Å². The predicted molar refractivity (Wildman–Crippen MR) is 57.4 cm³/mol. The Kier molecular flexibility index (Phi) is 3.79. The summed E-state index contributed by atoms with van der Waals surface area (Å²) in [6, 6.07) is 0. The molecule has 0 bridgehead atoms. The van der Waals surface area contributed by atoms with Crippen LogP contribution in [0.25, 0.3) is 0 Å². The highest BCUT2D eigenvalue weighted by atomic mass is 16.5. The molecule has 2 aliphatic heterocycles. The van der Waals surface area contributed by atoms with Crippen molar-refractivity contribution in [1.29, 1.82) is 0 Å². The molecule has 0 spiro atoms. The minimum Gasteiger partial charge on any atom is -0.377 e. The highest BCUT2D eigenvalue weighted by molar-refractivity contribution is 4.80. The minimum atomic E-state index is 0.486. The normalized spacial score (nSPS) is 37.9. The second-order valence-electron chi connectivity index (χ2n) is 4.69. The first-order valence-corrected chi connectivity index (χ1v) is 5.89. The number of hydrogen-bond acceptors (Lipinski definition) is 3. The van der Waals surface area contributed by atoms with Crippen molar-refractivity contribution in [1.82, 2.24) is 10.6 Å². The van der Waals surface area contributed by atoms with Crippen LogP contribution in [-0.2, 0) is 4.74 Å². The SMILES string of the molecule is C[C@@H]1CNC[C@H]1CNCC1CCCO1. The van der Waals surface area contributed by atoms with Gasteiger partial charge in [-0.25, -0.2) is 0 Å². The van der Waals surface area contributed by atoms with Gasteiger partial charge in [-0.05, 0) is 44.3 Å². The van der Waals surface area contributed by atoms with Gasteiger partial charge < -0.3 is 15.4 Å². The Morgan fingerprint density at radius 3 is 2.93 bits per heavy atom. The van der Waals surface area contributed by atoms with E-state index in [9.17, 15) is 0 Å². The van der Waals surface area contributed by atoms with Crippen LogP contribution >= 0.6 is 0 Å². The van der Waals surface area contributed by atoms with Crippen molar-refractivity contribution in [3.63, 3.8) is 0 Å². The van der Waals surface area contributed by atoms with E-state index in [1.807, 2.05) is 0 Å². The van der Waals surface area contributed by atoms with Crippen LogP contribution in [-0.4, -0.2) is 38.9 Å². The van der Waals surface area contributed by atoms with Crippen LogP contribution in [0.1, 0.15) is 19.8 Å². The molecule has 1 unspecified atom stereocenters. The van der Waals surface area contributed by atoms with E-state index in [4.69, 9.17) is 4.74 Å². The maximum absolute atomic E-state index is 5.57. The van der Waals surface area contributed by atoms with Gasteiger partial charge in [0.25, 0.3) is 0 Å². The van der Waals surface area contributed by atoms with Crippen LogP contribution in [0.5, 0.6) is 0 Å². The molecule has 14 heavy (non-hydrogen) atoms. The number of rotatable bonds is 4. The Balaban J connectivity index is 1.57. The van der Waals surface area contributed by atoms with Crippen LogP contribution in [0.3, 0.4) is 0 Å². The number of hydrogen-bond donors (Lipinski definition) is 2. The first-order valence-electron chi connectivity index (χ1n) is 5.89. The van der Waals surface area contributed by atoms with Crippen molar-refractivity contribution in [3.8, 4) is 0 Å². The van der Waals surface area contributed by atoms with Crippen molar-refractivity contribution in [3.05, 3.63) is 0 Å². The van der Waals surface area contributed by atoms with Crippen LogP contribution < -0.4 is 10.6 Å². The molecular weight excluding hydrogens is 176 g/mol. The second-order valence-corrected chi connectivity index (χ2v) is 4.69. The van der Waals surface area contributed by atoms with E-state index in [2.05, 4.69) is 17.6 Å². The molecule has 2 saturated heterocycles. The molecule has 0 saturated carbocycles. The van der Waals surface area contributed by atoms with Gasteiger partial charge in [-0.15, -0.1) is 0 Å². The van der Waals surface area contributed by atoms with E-state index < -0.39 is 0 Å². The van der Waals surface area contributed by atoms with Gasteiger partial charge in [0.15, 0.2) is 0 Å². The number of nitrogens with one attached hydrogen (secondary N) is 2. The van der Waals surface area contributed by atoms with Gasteiger partial charge in [0.1, 0.15) is 0 Å². The third-order valence-corrected chi connectivity index (χ3v) is 3.48. The van der Waals surface area contributed by atoms with Gasteiger partial charge in [-0.3, -0.25) is 0 Å². The molecule has 2 aliphatic rings. The summed E-state index contributed by atoms with van der Waals surface area (Å²) >= 11 is 0. The maximum Gasteiger partial charge on any atom is 0.0700 e. The van der Waals surface area contributed by atoms with Crippen LogP contribution in [0, 0.1) is 11.8 Å². The fraction of sp³-hybridized carbons (Fsp3) is 1.00. The molecule has 2 N–H and O–H groups in total. The third-order valence-electron chi connectivity index (χ3n) is 3.48. The molecule has 0 amide bonds. The second kappa shape index (κ2) is 5.10. The maximum atomic E-state index is 5.57. The smallest absolute Gasteiger partial charge is 0.0700 e. The summed E-state index contributed by atoms with van der Waals surface area (Å²) in [6.07, 6.45) is 2.97. The summed E-state index contributed by atoms with van der Waals surface area (Å²) in [5, 5.41) is 6.96. The Morgan fingerprint density at radius 1 is 1.36 bits per heavy atom. The first kappa shape index (κ1) is 10.4. The summed E-state index contributed by atoms with van der Waals surface area (Å²) < 4.78 is 5.57. The average molecular weight is 198 g/mol. The molecule has 3 atom stereocenters. The first-order chi connectivity index (χ1) is 6.86. The zero-order chi connectivity index (χ0) is 9.80. The Labute approximate surface area is 86.6 Å². The van der Waals surface area contributed by atoms with Gasteiger partial charge in [-0.2, -0.15) is 0 Å². The summed E-state index contributed by atoms with van der Waals surface area (Å²) in [5.74, 6) is 1.64. The molecule has 0 aromatic rings.